The molecule has 244 valence electrons. The van der Waals surface area contributed by atoms with Gasteiger partial charge in [-0.3, -0.25) is 14.4 Å². The number of imidazole rings is 1. The smallest absolute Gasteiger partial charge is 0.250 e. The van der Waals surface area contributed by atoms with Crippen molar-refractivity contribution in [3.8, 4) is 0 Å². The van der Waals surface area contributed by atoms with Crippen molar-refractivity contribution >= 4 is 48.4 Å². The van der Waals surface area contributed by atoms with E-state index in [9.17, 15) is 14.4 Å². The number of rotatable bonds is 11. The van der Waals surface area contributed by atoms with Crippen LogP contribution in [0.1, 0.15) is 42.1 Å². The third-order valence-electron chi connectivity index (χ3n) is 7.55. The summed E-state index contributed by atoms with van der Waals surface area (Å²) >= 11 is 0. The number of carbonyl (C=O) groups is 3. The molecule has 0 fully saturated rings. The second-order valence-electron chi connectivity index (χ2n) is 11.5. The van der Waals surface area contributed by atoms with Gasteiger partial charge < -0.3 is 30.6 Å². The van der Waals surface area contributed by atoms with Crippen LogP contribution in [0.15, 0.2) is 97.5 Å². The van der Waals surface area contributed by atoms with E-state index in [0.717, 1.165) is 23.1 Å². The predicted molar refractivity (Wildman–Crippen MR) is 182 cm³/mol. The first-order chi connectivity index (χ1) is 21.2. The number of fused-ring (bicyclic) bond motifs is 1. The minimum absolute atomic E-state index is 0. The maximum absolute atomic E-state index is 14.0. The Hall–Kier alpha value is -4.22. The van der Waals surface area contributed by atoms with E-state index >= 15 is 0 Å². The Morgan fingerprint density at radius 1 is 0.935 bits per heavy atom. The van der Waals surface area contributed by atoms with E-state index in [1.165, 1.54) is 11.9 Å². The lowest BCUT2D eigenvalue weighted by atomic mass is 9.98. The fourth-order valence-corrected chi connectivity index (χ4v) is 5.09. The second kappa shape index (κ2) is 16.4. The van der Waals surface area contributed by atoms with Gasteiger partial charge in [0.2, 0.25) is 5.91 Å². The highest BCUT2D eigenvalue weighted by atomic mass is 35.5. The summed E-state index contributed by atoms with van der Waals surface area (Å²) in [5, 5.41) is 5.47. The number of hydrogen-bond acceptors (Lipinski definition) is 6. The van der Waals surface area contributed by atoms with Gasteiger partial charge in [0.15, 0.2) is 5.82 Å². The number of nitrogens with one attached hydrogen (secondary N) is 2. The average Bonchev–Trinajstić information content (AvgIpc) is 3.48. The maximum Gasteiger partial charge on any atom is 0.250 e. The number of benzene rings is 3. The molecule has 0 saturated heterocycles. The van der Waals surface area contributed by atoms with Gasteiger partial charge in [-0.2, -0.15) is 0 Å². The van der Waals surface area contributed by atoms with E-state index in [1.54, 1.807) is 24.6 Å². The lowest BCUT2D eigenvalue weighted by Gasteiger charge is -2.32. The molecule has 10 nitrogen and oxygen atoms in total. The highest BCUT2D eigenvalue weighted by Crippen LogP contribution is 2.26. The summed E-state index contributed by atoms with van der Waals surface area (Å²) in [6.45, 7) is 4.45. The number of halogens is 2. The summed E-state index contributed by atoms with van der Waals surface area (Å²) in [6.07, 6.45) is 3.95. The van der Waals surface area contributed by atoms with E-state index in [1.807, 2.05) is 77.7 Å². The number of carbonyl (C=O) groups excluding carboxylic acids is 3. The Labute approximate surface area is 281 Å². The zero-order valence-electron chi connectivity index (χ0n) is 25.8. The van der Waals surface area contributed by atoms with Gasteiger partial charge in [-0.25, -0.2) is 4.98 Å². The fraction of sp³-hybridized carbons (Fsp3) is 0.294. The molecule has 2 atom stereocenters. The Kier molecular flexibility index (Phi) is 12.9. The number of ether oxygens (including phenoxy) is 1. The predicted octanol–water partition coefficient (Wildman–Crippen LogP) is 4.28. The van der Waals surface area contributed by atoms with Crippen molar-refractivity contribution in [2.24, 2.45) is 5.73 Å². The summed E-state index contributed by atoms with van der Waals surface area (Å²) in [7, 11) is 0. The Balaban J connectivity index is 0.00000288. The second-order valence-corrected chi connectivity index (χ2v) is 11.5. The highest BCUT2D eigenvalue weighted by Gasteiger charge is 2.31. The Morgan fingerprint density at radius 2 is 1.57 bits per heavy atom. The Morgan fingerprint density at radius 3 is 2.24 bits per heavy atom. The van der Waals surface area contributed by atoms with E-state index in [2.05, 4.69) is 27.8 Å². The number of amides is 3. The average molecular weight is 668 g/mol. The molecule has 5 rings (SSSR count). The fourth-order valence-electron chi connectivity index (χ4n) is 5.09. The maximum atomic E-state index is 14.0. The molecule has 12 heteroatoms. The molecule has 4 aromatic rings. The number of anilines is 1. The van der Waals surface area contributed by atoms with Crippen molar-refractivity contribution in [3.63, 3.8) is 0 Å². The summed E-state index contributed by atoms with van der Waals surface area (Å²) in [4.78, 5) is 46.3. The SMILES string of the molecule is CC(C)(N)C(=O)N[C@H](COCc1ccccc1)C(=O)Nc1cn(C(C(=O)N2CCc3ccccc3C2)c2ccccc2)cn1.Cl.Cl. The van der Waals surface area contributed by atoms with Crippen LogP contribution in [-0.4, -0.2) is 56.9 Å². The van der Waals surface area contributed by atoms with Crippen LogP contribution in [0.2, 0.25) is 0 Å². The van der Waals surface area contributed by atoms with E-state index in [0.29, 0.717) is 13.1 Å². The van der Waals surface area contributed by atoms with Gasteiger partial charge in [0, 0.05) is 19.3 Å². The number of aromatic nitrogens is 2. The first-order valence-electron chi connectivity index (χ1n) is 14.7. The monoisotopic (exact) mass is 666 g/mol. The van der Waals surface area contributed by atoms with Gasteiger partial charge in [-0.15, -0.1) is 24.8 Å². The van der Waals surface area contributed by atoms with Crippen LogP contribution in [0.4, 0.5) is 5.82 Å². The first-order valence-corrected chi connectivity index (χ1v) is 14.7. The molecular weight excluding hydrogens is 627 g/mol. The number of nitrogens with two attached hydrogens (primary N) is 1. The van der Waals surface area contributed by atoms with Crippen LogP contribution in [-0.2, 0) is 38.7 Å². The van der Waals surface area contributed by atoms with Gasteiger partial charge >= 0.3 is 0 Å². The van der Waals surface area contributed by atoms with Crippen LogP contribution < -0.4 is 16.4 Å². The normalized spacial score (nSPS) is 13.7. The van der Waals surface area contributed by atoms with E-state index < -0.39 is 29.4 Å². The van der Waals surface area contributed by atoms with Gasteiger partial charge in [-0.05, 0) is 42.5 Å². The molecule has 0 bridgehead atoms. The number of hydrogen-bond donors (Lipinski definition) is 3. The first kappa shape index (κ1) is 36.3. The molecule has 1 aliphatic rings. The molecule has 3 amide bonds. The van der Waals surface area contributed by atoms with Crippen LogP contribution >= 0.6 is 24.8 Å². The molecule has 46 heavy (non-hydrogen) atoms. The number of nitrogens with zero attached hydrogens (tertiary/aromatic N) is 3. The third-order valence-corrected chi connectivity index (χ3v) is 7.55. The minimum Gasteiger partial charge on any atom is -0.374 e. The standard InChI is InChI=1S/C34H38N6O4.2ClH/c1-34(2,35)33(43)37-28(22-44-21-24-11-5-3-6-12-24)31(41)38-29-20-40(23-36-29)30(26-14-7-4-8-15-26)32(42)39-18-17-25-13-9-10-16-27(25)19-39;;/h3-16,20,23,28,30H,17-19,21-22,35H2,1-2H3,(H,37,43)(H,38,41);2*1H/t28-,30?;;/m1../s1. The van der Waals surface area contributed by atoms with E-state index in [4.69, 9.17) is 10.5 Å². The molecule has 1 aliphatic heterocycles. The van der Waals surface area contributed by atoms with Crippen LogP contribution in [0.5, 0.6) is 0 Å². The van der Waals surface area contributed by atoms with Crippen molar-refractivity contribution in [1.82, 2.24) is 19.8 Å². The highest BCUT2D eigenvalue weighted by molar-refractivity contribution is 5.98. The van der Waals surface area contributed by atoms with Gasteiger partial charge in [0.05, 0.1) is 25.1 Å². The van der Waals surface area contributed by atoms with Crippen molar-refractivity contribution in [2.75, 3.05) is 18.5 Å². The van der Waals surface area contributed by atoms with Crippen LogP contribution in [0.25, 0.3) is 0 Å². The summed E-state index contributed by atoms with van der Waals surface area (Å²) in [6, 6.07) is 25.5. The molecule has 3 aromatic carbocycles. The van der Waals surface area contributed by atoms with Crippen molar-refractivity contribution in [1.29, 1.82) is 0 Å². The lowest BCUT2D eigenvalue weighted by Crippen LogP contribution is -2.56. The molecule has 1 aromatic heterocycles. The molecule has 0 saturated carbocycles. The molecule has 2 heterocycles. The molecule has 0 aliphatic carbocycles. The topological polar surface area (TPSA) is 132 Å². The zero-order valence-corrected chi connectivity index (χ0v) is 27.4. The summed E-state index contributed by atoms with van der Waals surface area (Å²) in [5.41, 5.74) is 8.91. The molecular formula is C34H40Cl2N6O4. The van der Waals surface area contributed by atoms with E-state index in [-0.39, 0.29) is 49.8 Å². The molecule has 0 radical (unpaired) electrons. The largest absolute Gasteiger partial charge is 0.374 e. The third kappa shape index (κ3) is 9.17. The quantitative estimate of drug-likeness (QED) is 0.219. The van der Waals surface area contributed by atoms with Crippen LogP contribution in [0.3, 0.4) is 0 Å². The molecule has 4 N–H and O–H groups in total. The van der Waals surface area contributed by atoms with Gasteiger partial charge in [0.25, 0.3) is 11.8 Å². The summed E-state index contributed by atoms with van der Waals surface area (Å²) < 4.78 is 7.49. The van der Waals surface area contributed by atoms with Crippen LogP contribution in [0, 0.1) is 0 Å². The molecule has 1 unspecified atom stereocenters. The van der Waals surface area contributed by atoms with Gasteiger partial charge in [-0.1, -0.05) is 84.9 Å². The van der Waals surface area contributed by atoms with Crippen molar-refractivity contribution < 1.29 is 19.1 Å². The zero-order chi connectivity index (χ0) is 31.1. The molecule has 0 spiro atoms. The van der Waals surface area contributed by atoms with Crippen molar-refractivity contribution in [2.45, 2.75) is 51.0 Å². The minimum atomic E-state index is -1.20. The van der Waals surface area contributed by atoms with Gasteiger partial charge in [0.1, 0.15) is 12.1 Å². The Bertz CT molecular complexity index is 1590. The van der Waals surface area contributed by atoms with Crippen molar-refractivity contribution in [3.05, 3.63) is 120 Å². The lowest BCUT2D eigenvalue weighted by molar-refractivity contribution is -0.134. The summed E-state index contributed by atoms with van der Waals surface area (Å²) in [5.74, 6) is -0.840.